The van der Waals surface area contributed by atoms with E-state index in [4.69, 9.17) is 10.5 Å². The van der Waals surface area contributed by atoms with Crippen LogP contribution in [0.25, 0.3) is 0 Å². The van der Waals surface area contributed by atoms with Gasteiger partial charge in [-0.1, -0.05) is 0 Å². The zero-order valence-corrected chi connectivity index (χ0v) is 13.1. The molecule has 0 radical (unpaired) electrons. The van der Waals surface area contributed by atoms with Gasteiger partial charge in [0.1, 0.15) is 18.5 Å². The van der Waals surface area contributed by atoms with Gasteiger partial charge in [0.25, 0.3) is 0 Å². The number of benzene rings is 1. The van der Waals surface area contributed by atoms with Gasteiger partial charge in [0.05, 0.1) is 5.56 Å². The van der Waals surface area contributed by atoms with Gasteiger partial charge in [0, 0.05) is 19.1 Å². The molecule has 1 saturated carbocycles. The number of aliphatic hydroxyl groups excluding tert-OH is 1. The molecule has 2 rings (SSSR count). The number of ether oxygens (including phenoxy) is 1. The summed E-state index contributed by atoms with van der Waals surface area (Å²) in [5.41, 5.74) is 5.02. The Hall–Kier alpha value is -1.31. The predicted octanol–water partition coefficient (Wildman–Crippen LogP) is 2.11. The largest absolute Gasteiger partial charge is 0.491 e. The number of alkyl halides is 3. The SMILES string of the molecule is CN(CC(O)COc1ccc(C(F)(F)F)cc1)CC1CC(N)C1. The van der Waals surface area contributed by atoms with Gasteiger partial charge in [0.15, 0.2) is 0 Å². The Balaban J connectivity index is 1.70. The van der Waals surface area contributed by atoms with E-state index in [2.05, 4.69) is 0 Å². The van der Waals surface area contributed by atoms with Crippen LogP contribution in [-0.2, 0) is 6.18 Å². The molecular formula is C16H23F3N2O2. The molecule has 4 nitrogen and oxygen atoms in total. The van der Waals surface area contributed by atoms with Crippen LogP contribution in [0.5, 0.6) is 5.75 Å². The fourth-order valence-corrected chi connectivity index (χ4v) is 2.80. The number of likely N-dealkylation sites (N-methyl/N-ethyl adjacent to an activating group) is 1. The van der Waals surface area contributed by atoms with Gasteiger partial charge in [-0.25, -0.2) is 0 Å². The third-order valence-corrected chi connectivity index (χ3v) is 3.99. The summed E-state index contributed by atoms with van der Waals surface area (Å²) in [6, 6.07) is 4.76. The van der Waals surface area contributed by atoms with Crippen molar-refractivity contribution in [3.63, 3.8) is 0 Å². The van der Waals surface area contributed by atoms with Crippen LogP contribution >= 0.6 is 0 Å². The summed E-state index contributed by atoms with van der Waals surface area (Å²) in [6.07, 6.45) is -3.02. The Morgan fingerprint density at radius 2 is 1.91 bits per heavy atom. The van der Waals surface area contributed by atoms with E-state index in [1.807, 2.05) is 11.9 Å². The van der Waals surface area contributed by atoms with E-state index in [1.54, 1.807) is 0 Å². The highest BCUT2D eigenvalue weighted by molar-refractivity contribution is 5.28. The van der Waals surface area contributed by atoms with Crippen LogP contribution in [0.15, 0.2) is 24.3 Å². The van der Waals surface area contributed by atoms with E-state index in [-0.39, 0.29) is 6.61 Å². The summed E-state index contributed by atoms with van der Waals surface area (Å²) in [5, 5.41) is 9.95. The van der Waals surface area contributed by atoms with Crippen molar-refractivity contribution in [2.24, 2.45) is 11.7 Å². The highest BCUT2D eigenvalue weighted by Crippen LogP contribution is 2.30. The highest BCUT2D eigenvalue weighted by atomic mass is 19.4. The summed E-state index contributed by atoms with van der Waals surface area (Å²) >= 11 is 0. The van der Waals surface area contributed by atoms with Crippen molar-refractivity contribution in [2.45, 2.75) is 31.2 Å². The van der Waals surface area contributed by atoms with Crippen molar-refractivity contribution in [1.29, 1.82) is 0 Å². The molecule has 1 unspecified atom stereocenters. The Bertz CT molecular complexity index is 487. The standard InChI is InChI=1S/C16H23F3N2O2/c1-21(8-11-6-13(20)7-11)9-14(22)10-23-15-4-2-12(3-5-15)16(17,18)19/h2-5,11,13-14,22H,6-10,20H2,1H3. The van der Waals surface area contributed by atoms with Crippen molar-refractivity contribution in [3.8, 4) is 5.75 Å². The quantitative estimate of drug-likeness (QED) is 0.803. The third-order valence-electron chi connectivity index (χ3n) is 3.99. The maximum Gasteiger partial charge on any atom is 0.416 e. The minimum absolute atomic E-state index is 0.0416. The Kier molecular flexibility index (Phi) is 5.89. The van der Waals surface area contributed by atoms with E-state index in [0.717, 1.165) is 31.5 Å². The molecule has 1 aromatic carbocycles. The summed E-state index contributed by atoms with van der Waals surface area (Å²) in [5.74, 6) is 0.891. The van der Waals surface area contributed by atoms with Crippen LogP contribution in [0.4, 0.5) is 13.2 Å². The van der Waals surface area contributed by atoms with Crippen molar-refractivity contribution in [2.75, 3.05) is 26.7 Å². The Labute approximate surface area is 134 Å². The second kappa shape index (κ2) is 7.51. The van der Waals surface area contributed by atoms with E-state index in [0.29, 0.717) is 24.3 Å². The predicted molar refractivity (Wildman–Crippen MR) is 81.1 cm³/mol. The molecular weight excluding hydrogens is 309 g/mol. The van der Waals surface area contributed by atoms with Crippen molar-refractivity contribution >= 4 is 0 Å². The first-order valence-corrected chi connectivity index (χ1v) is 7.66. The first-order chi connectivity index (χ1) is 10.7. The fraction of sp³-hybridized carbons (Fsp3) is 0.625. The zero-order valence-electron chi connectivity index (χ0n) is 13.1. The lowest BCUT2D eigenvalue weighted by molar-refractivity contribution is -0.137. The molecule has 130 valence electrons. The van der Waals surface area contributed by atoms with Crippen LogP contribution < -0.4 is 10.5 Å². The molecule has 7 heteroatoms. The average molecular weight is 332 g/mol. The first-order valence-electron chi connectivity index (χ1n) is 7.66. The lowest BCUT2D eigenvalue weighted by Gasteiger charge is -2.35. The second-order valence-corrected chi connectivity index (χ2v) is 6.31. The lowest BCUT2D eigenvalue weighted by atomic mass is 9.80. The molecule has 1 aromatic rings. The summed E-state index contributed by atoms with van der Waals surface area (Å²) in [6.45, 7) is 1.37. The van der Waals surface area contributed by atoms with Crippen molar-refractivity contribution < 1.29 is 23.0 Å². The van der Waals surface area contributed by atoms with Gasteiger partial charge in [-0.2, -0.15) is 13.2 Å². The molecule has 0 amide bonds. The first kappa shape index (κ1) is 18.0. The molecule has 0 saturated heterocycles. The lowest BCUT2D eigenvalue weighted by Crippen LogP contribution is -2.43. The third kappa shape index (κ3) is 5.67. The van der Waals surface area contributed by atoms with Gasteiger partial charge in [-0.3, -0.25) is 0 Å². The van der Waals surface area contributed by atoms with E-state index >= 15 is 0 Å². The van der Waals surface area contributed by atoms with Gasteiger partial charge >= 0.3 is 6.18 Å². The highest BCUT2D eigenvalue weighted by Gasteiger charge is 2.30. The van der Waals surface area contributed by atoms with Crippen LogP contribution in [0, 0.1) is 5.92 Å². The molecule has 0 aromatic heterocycles. The molecule has 23 heavy (non-hydrogen) atoms. The van der Waals surface area contributed by atoms with Gasteiger partial charge in [-0.05, 0) is 50.1 Å². The summed E-state index contributed by atoms with van der Waals surface area (Å²) in [7, 11) is 1.92. The number of hydrogen-bond acceptors (Lipinski definition) is 4. The van der Waals surface area contributed by atoms with Crippen molar-refractivity contribution in [1.82, 2.24) is 4.90 Å². The molecule has 0 spiro atoms. The maximum absolute atomic E-state index is 12.4. The van der Waals surface area contributed by atoms with Crippen LogP contribution in [0.1, 0.15) is 18.4 Å². The van der Waals surface area contributed by atoms with Crippen molar-refractivity contribution in [3.05, 3.63) is 29.8 Å². The number of halogens is 3. The van der Waals surface area contributed by atoms with E-state index < -0.39 is 17.8 Å². The molecule has 0 heterocycles. The molecule has 1 atom stereocenters. The number of aliphatic hydroxyl groups is 1. The maximum atomic E-state index is 12.4. The fourth-order valence-electron chi connectivity index (χ4n) is 2.80. The molecule has 1 aliphatic rings. The average Bonchev–Trinajstić information content (AvgIpc) is 2.43. The molecule has 0 aliphatic heterocycles. The zero-order chi connectivity index (χ0) is 17.0. The number of nitrogens with zero attached hydrogens (tertiary/aromatic N) is 1. The molecule has 1 fully saturated rings. The molecule has 1 aliphatic carbocycles. The van der Waals surface area contributed by atoms with Crippen LogP contribution in [-0.4, -0.2) is 48.9 Å². The topological polar surface area (TPSA) is 58.7 Å². The van der Waals surface area contributed by atoms with Gasteiger partial charge in [-0.15, -0.1) is 0 Å². The number of hydrogen-bond donors (Lipinski definition) is 2. The Morgan fingerprint density at radius 1 is 1.30 bits per heavy atom. The smallest absolute Gasteiger partial charge is 0.416 e. The molecule has 0 bridgehead atoms. The number of nitrogens with two attached hydrogens (primary N) is 1. The van der Waals surface area contributed by atoms with Gasteiger partial charge < -0.3 is 20.5 Å². The van der Waals surface area contributed by atoms with Crippen LogP contribution in [0.2, 0.25) is 0 Å². The van der Waals surface area contributed by atoms with E-state index in [1.165, 1.54) is 12.1 Å². The number of rotatable bonds is 7. The van der Waals surface area contributed by atoms with E-state index in [9.17, 15) is 18.3 Å². The Morgan fingerprint density at radius 3 is 2.43 bits per heavy atom. The minimum Gasteiger partial charge on any atom is -0.491 e. The minimum atomic E-state index is -4.36. The van der Waals surface area contributed by atoms with Crippen LogP contribution in [0.3, 0.4) is 0 Å². The van der Waals surface area contributed by atoms with Gasteiger partial charge in [0.2, 0.25) is 0 Å². The summed E-state index contributed by atoms with van der Waals surface area (Å²) in [4.78, 5) is 2.03. The molecule has 3 N–H and O–H groups in total. The normalized spacial score (nSPS) is 22.7. The second-order valence-electron chi connectivity index (χ2n) is 6.31. The summed E-state index contributed by atoms with van der Waals surface area (Å²) < 4.78 is 42.7. The monoisotopic (exact) mass is 332 g/mol.